The van der Waals surface area contributed by atoms with E-state index >= 15 is 0 Å². The number of likely N-dealkylation sites (tertiary alicyclic amines) is 1. The van der Waals surface area contributed by atoms with Crippen molar-refractivity contribution in [3.05, 3.63) is 0 Å². The monoisotopic (exact) mass is 269 g/mol. The fourth-order valence-corrected chi connectivity index (χ4v) is 3.42. The molecule has 0 amide bonds. The number of hydrogen-bond donors (Lipinski definition) is 2. The van der Waals surface area contributed by atoms with E-state index in [-0.39, 0.29) is 0 Å². The predicted octanol–water partition coefficient (Wildman–Crippen LogP) is 1.98. The van der Waals surface area contributed by atoms with Gasteiger partial charge in [0.2, 0.25) is 0 Å². The van der Waals surface area contributed by atoms with Crippen LogP contribution in [0.15, 0.2) is 0 Å². The average molecular weight is 269 g/mol. The molecule has 1 saturated carbocycles. The van der Waals surface area contributed by atoms with Crippen LogP contribution in [0.5, 0.6) is 0 Å². The zero-order valence-electron chi connectivity index (χ0n) is 11.9. The summed E-state index contributed by atoms with van der Waals surface area (Å²) >= 11 is 5.32. The highest BCUT2D eigenvalue weighted by atomic mass is 32.1. The lowest BCUT2D eigenvalue weighted by Crippen LogP contribution is -2.49. The lowest BCUT2D eigenvalue weighted by atomic mass is 9.92. The van der Waals surface area contributed by atoms with Gasteiger partial charge in [-0.3, -0.25) is 0 Å². The third kappa shape index (κ3) is 4.73. The van der Waals surface area contributed by atoms with Gasteiger partial charge in [0.25, 0.3) is 0 Å². The van der Waals surface area contributed by atoms with Crippen molar-refractivity contribution in [2.24, 2.45) is 11.8 Å². The molecule has 0 radical (unpaired) electrons. The summed E-state index contributed by atoms with van der Waals surface area (Å²) in [6.45, 7) is 10.5. The molecule has 0 aromatic rings. The lowest BCUT2D eigenvalue weighted by molar-refractivity contribution is 0.133. The van der Waals surface area contributed by atoms with E-state index in [1.165, 1.54) is 32.4 Å². The summed E-state index contributed by atoms with van der Waals surface area (Å²) in [5, 5.41) is 7.58. The van der Waals surface area contributed by atoms with Crippen molar-refractivity contribution in [3.8, 4) is 0 Å². The average Bonchev–Trinajstić information content (AvgIpc) is 2.98. The molecule has 2 N–H and O–H groups in total. The first-order chi connectivity index (χ1) is 8.52. The molecule has 1 aliphatic heterocycles. The van der Waals surface area contributed by atoms with E-state index in [9.17, 15) is 0 Å². The number of rotatable bonds is 4. The molecule has 3 atom stereocenters. The minimum absolute atomic E-state index is 0.432. The van der Waals surface area contributed by atoms with E-state index in [4.69, 9.17) is 12.2 Å². The first kappa shape index (κ1) is 14.1. The molecule has 0 spiro atoms. The SMILES string of the molecule is CC1CC(C)CN(CC(C)NC(=S)NC2CC2)C1. The summed E-state index contributed by atoms with van der Waals surface area (Å²) in [6, 6.07) is 1.08. The topological polar surface area (TPSA) is 27.3 Å². The van der Waals surface area contributed by atoms with E-state index in [0.29, 0.717) is 12.1 Å². The van der Waals surface area contributed by atoms with Crippen molar-refractivity contribution in [2.75, 3.05) is 19.6 Å². The van der Waals surface area contributed by atoms with Crippen LogP contribution >= 0.6 is 12.2 Å². The van der Waals surface area contributed by atoms with Crippen molar-refractivity contribution in [1.82, 2.24) is 15.5 Å². The van der Waals surface area contributed by atoms with Crippen molar-refractivity contribution in [1.29, 1.82) is 0 Å². The van der Waals surface area contributed by atoms with Crippen LogP contribution in [0.25, 0.3) is 0 Å². The molecule has 0 bridgehead atoms. The Morgan fingerprint density at radius 2 is 1.89 bits per heavy atom. The maximum Gasteiger partial charge on any atom is 0.166 e. The molecule has 3 unspecified atom stereocenters. The Balaban J connectivity index is 1.68. The van der Waals surface area contributed by atoms with Gasteiger partial charge in [0, 0.05) is 31.7 Å². The van der Waals surface area contributed by atoms with E-state index in [1.807, 2.05) is 0 Å². The minimum Gasteiger partial charge on any atom is -0.360 e. The van der Waals surface area contributed by atoms with Crippen LogP contribution < -0.4 is 10.6 Å². The third-order valence-electron chi connectivity index (χ3n) is 3.77. The Morgan fingerprint density at radius 1 is 1.28 bits per heavy atom. The molecule has 2 rings (SSSR count). The Labute approximate surface area is 117 Å². The van der Waals surface area contributed by atoms with Crippen LogP contribution in [0.4, 0.5) is 0 Å². The number of thiocarbonyl (C=S) groups is 1. The number of nitrogens with one attached hydrogen (secondary N) is 2. The van der Waals surface area contributed by atoms with Crippen molar-refractivity contribution in [2.45, 2.75) is 52.1 Å². The molecule has 2 aliphatic rings. The summed E-state index contributed by atoms with van der Waals surface area (Å²) in [7, 11) is 0. The largest absolute Gasteiger partial charge is 0.360 e. The summed E-state index contributed by atoms with van der Waals surface area (Å²) < 4.78 is 0. The summed E-state index contributed by atoms with van der Waals surface area (Å²) in [6.07, 6.45) is 3.93. The highest BCUT2D eigenvalue weighted by Crippen LogP contribution is 2.21. The second-order valence-corrected chi connectivity index (χ2v) is 6.87. The van der Waals surface area contributed by atoms with E-state index < -0.39 is 0 Å². The molecule has 1 heterocycles. The molecule has 1 saturated heterocycles. The lowest BCUT2D eigenvalue weighted by Gasteiger charge is -2.36. The molecule has 18 heavy (non-hydrogen) atoms. The van der Waals surface area contributed by atoms with Crippen molar-refractivity contribution < 1.29 is 0 Å². The van der Waals surface area contributed by atoms with E-state index in [0.717, 1.165) is 23.5 Å². The van der Waals surface area contributed by atoms with Gasteiger partial charge in [0.15, 0.2) is 5.11 Å². The molecule has 2 fully saturated rings. The molecule has 4 heteroatoms. The van der Waals surface area contributed by atoms with Gasteiger partial charge in [-0.1, -0.05) is 13.8 Å². The van der Waals surface area contributed by atoms with Crippen LogP contribution in [0.1, 0.15) is 40.0 Å². The van der Waals surface area contributed by atoms with Gasteiger partial charge >= 0.3 is 0 Å². The predicted molar refractivity (Wildman–Crippen MR) is 80.7 cm³/mol. The quantitative estimate of drug-likeness (QED) is 0.763. The van der Waals surface area contributed by atoms with Crippen molar-refractivity contribution >= 4 is 17.3 Å². The minimum atomic E-state index is 0.432. The molecule has 1 aliphatic carbocycles. The van der Waals surface area contributed by atoms with Gasteiger partial charge in [-0.05, 0) is 50.2 Å². The van der Waals surface area contributed by atoms with Gasteiger partial charge in [-0.2, -0.15) is 0 Å². The van der Waals surface area contributed by atoms with Gasteiger partial charge in [0.1, 0.15) is 0 Å². The first-order valence-electron chi connectivity index (χ1n) is 7.32. The number of piperidine rings is 1. The highest BCUT2D eigenvalue weighted by molar-refractivity contribution is 7.80. The Morgan fingerprint density at radius 3 is 2.44 bits per heavy atom. The maximum atomic E-state index is 5.32. The van der Waals surface area contributed by atoms with Crippen LogP contribution in [0.2, 0.25) is 0 Å². The summed E-state index contributed by atoms with van der Waals surface area (Å²) in [5.41, 5.74) is 0. The first-order valence-corrected chi connectivity index (χ1v) is 7.73. The van der Waals surface area contributed by atoms with Crippen LogP contribution in [0, 0.1) is 11.8 Å². The molecule has 104 valence electrons. The van der Waals surface area contributed by atoms with Crippen LogP contribution in [0.3, 0.4) is 0 Å². The van der Waals surface area contributed by atoms with Crippen molar-refractivity contribution in [3.63, 3.8) is 0 Å². The van der Waals surface area contributed by atoms with E-state index in [2.05, 4.69) is 36.3 Å². The second kappa shape index (κ2) is 6.20. The van der Waals surface area contributed by atoms with Gasteiger partial charge < -0.3 is 15.5 Å². The van der Waals surface area contributed by atoms with Gasteiger partial charge in [0.05, 0.1) is 0 Å². The second-order valence-electron chi connectivity index (χ2n) is 6.46. The highest BCUT2D eigenvalue weighted by Gasteiger charge is 2.24. The zero-order valence-corrected chi connectivity index (χ0v) is 12.7. The normalized spacial score (nSPS) is 30.8. The number of nitrogens with zero attached hydrogens (tertiary/aromatic N) is 1. The van der Waals surface area contributed by atoms with Gasteiger partial charge in [-0.25, -0.2) is 0 Å². The summed E-state index contributed by atoms with van der Waals surface area (Å²) in [5.74, 6) is 1.66. The zero-order chi connectivity index (χ0) is 13.1. The number of hydrogen-bond acceptors (Lipinski definition) is 2. The smallest absolute Gasteiger partial charge is 0.166 e. The Kier molecular flexibility index (Phi) is 4.84. The molecular formula is C14H27N3S. The fourth-order valence-electron chi connectivity index (χ4n) is 3.05. The fraction of sp³-hybridized carbons (Fsp3) is 0.929. The van der Waals surface area contributed by atoms with Crippen LogP contribution in [-0.4, -0.2) is 41.7 Å². The Bertz CT molecular complexity index is 281. The summed E-state index contributed by atoms with van der Waals surface area (Å²) in [4.78, 5) is 2.58. The third-order valence-corrected chi connectivity index (χ3v) is 4.00. The molecule has 3 nitrogen and oxygen atoms in total. The Hall–Kier alpha value is -0.350. The maximum absolute atomic E-state index is 5.32. The van der Waals surface area contributed by atoms with Gasteiger partial charge in [-0.15, -0.1) is 0 Å². The van der Waals surface area contributed by atoms with Crippen LogP contribution in [-0.2, 0) is 0 Å². The molecule has 0 aromatic carbocycles. The van der Waals surface area contributed by atoms with E-state index in [1.54, 1.807) is 0 Å². The molecule has 0 aromatic heterocycles. The molecular weight excluding hydrogens is 242 g/mol. The standard InChI is InChI=1S/C14H27N3S/c1-10-6-11(2)8-17(7-10)9-12(3)15-14(18)16-13-4-5-13/h10-13H,4-9H2,1-3H3,(H2,15,16,18).